The summed E-state index contributed by atoms with van der Waals surface area (Å²) in [5, 5.41) is 11.8. The van der Waals surface area contributed by atoms with E-state index in [1.165, 1.54) is 7.05 Å². The van der Waals surface area contributed by atoms with Gasteiger partial charge >= 0.3 is 5.97 Å². The van der Waals surface area contributed by atoms with Gasteiger partial charge in [-0.3, -0.25) is 4.79 Å². The molecule has 0 aromatic heterocycles. The molecule has 0 heterocycles. The van der Waals surface area contributed by atoms with E-state index in [-0.39, 0.29) is 11.8 Å². The number of carboxylic acids is 1. The summed E-state index contributed by atoms with van der Waals surface area (Å²) in [5.41, 5.74) is 4.50. The zero-order valence-electron chi connectivity index (χ0n) is 20.6. The topological polar surface area (TPSA) is 92.4 Å². The highest BCUT2D eigenvalue weighted by molar-refractivity contribution is 5.83. The van der Waals surface area contributed by atoms with Crippen LogP contribution < -0.4 is 11.1 Å². The second-order valence-electron chi connectivity index (χ2n) is 7.69. The first-order valence-electron chi connectivity index (χ1n) is 11.8. The van der Waals surface area contributed by atoms with Crippen molar-refractivity contribution in [2.45, 2.75) is 84.6 Å². The highest BCUT2D eigenvalue weighted by Crippen LogP contribution is 2.06. The van der Waals surface area contributed by atoms with Gasteiger partial charge in [-0.2, -0.15) is 0 Å². The van der Waals surface area contributed by atoms with Crippen molar-refractivity contribution in [1.82, 2.24) is 5.32 Å². The van der Waals surface area contributed by atoms with Crippen LogP contribution in [0.1, 0.15) is 78.6 Å². The van der Waals surface area contributed by atoms with Gasteiger partial charge in [0.25, 0.3) is 0 Å². The maximum atomic E-state index is 11.9. The van der Waals surface area contributed by atoms with Gasteiger partial charge in [0, 0.05) is 6.42 Å². The first kappa shape index (κ1) is 31.8. The van der Waals surface area contributed by atoms with Crippen LogP contribution >= 0.6 is 0 Å². The fraction of sp³-hybridized carbons (Fsp3) is 0.556. The molecule has 0 spiro atoms. The van der Waals surface area contributed by atoms with Crippen molar-refractivity contribution in [3.8, 4) is 0 Å². The second-order valence-corrected chi connectivity index (χ2v) is 7.69. The fourth-order valence-corrected chi connectivity index (χ4v) is 2.71. The molecule has 0 bridgehead atoms. The Hall–Kier alpha value is -2.40. The number of aliphatic carboxylic acids is 1. The number of hydrogen-bond acceptors (Lipinski definition) is 3. The third-order valence-corrected chi connectivity index (χ3v) is 4.27. The molecule has 32 heavy (non-hydrogen) atoms. The lowest BCUT2D eigenvalue weighted by Crippen LogP contribution is -2.41. The Morgan fingerprint density at radius 2 is 1.25 bits per heavy atom. The summed E-state index contributed by atoms with van der Waals surface area (Å²) >= 11 is 0. The smallest absolute Gasteiger partial charge is 0.326 e. The molecular weight excluding hydrogens is 400 g/mol. The minimum absolute atomic E-state index is 0.185. The van der Waals surface area contributed by atoms with Crippen LogP contribution in [0.15, 0.2) is 60.8 Å². The first-order chi connectivity index (χ1) is 15.5. The zero-order chi connectivity index (χ0) is 24.5. The van der Waals surface area contributed by atoms with Crippen molar-refractivity contribution in [3.63, 3.8) is 0 Å². The van der Waals surface area contributed by atoms with Gasteiger partial charge in [-0.1, -0.05) is 81.5 Å². The Balaban J connectivity index is 0. The number of carbonyl (C=O) groups is 2. The zero-order valence-corrected chi connectivity index (χ0v) is 20.6. The average molecular weight is 447 g/mol. The fourth-order valence-electron chi connectivity index (χ4n) is 2.71. The maximum absolute atomic E-state index is 11.9. The third kappa shape index (κ3) is 23.9. The normalized spacial score (nSPS) is 12.9. The van der Waals surface area contributed by atoms with E-state index in [4.69, 9.17) is 5.11 Å². The van der Waals surface area contributed by atoms with Crippen LogP contribution in [0.5, 0.6) is 0 Å². The molecule has 0 aromatic carbocycles. The molecule has 0 aromatic rings. The molecule has 0 aliphatic heterocycles. The summed E-state index contributed by atoms with van der Waals surface area (Å²) in [6.45, 7) is 6.04. The summed E-state index contributed by atoms with van der Waals surface area (Å²) in [7, 11) is 1.50. The standard InChI is InChI=1S/C26H41NO3.CH5N/c1-4-5-6-7-8-9-10-11-12-13-14-15-16-17-18-19-20-21-25(28)27-24(26(29)30)22-23(2)3;1-2/h5-6,8-9,11-12,14-15,17-18,23-24H,4,7,10,13,16,19-22H2,1-3H3,(H,27,28)(H,29,30);2H2,1H3/b6-5-,9-8-,12-11-,15-14-,18-17-;. The second kappa shape index (κ2) is 24.9. The Morgan fingerprint density at radius 1 is 0.812 bits per heavy atom. The van der Waals surface area contributed by atoms with E-state index in [1.807, 2.05) is 13.8 Å². The number of carboxylic acid groups (broad SMARTS) is 1. The van der Waals surface area contributed by atoms with Crippen LogP contribution in [0.4, 0.5) is 0 Å². The van der Waals surface area contributed by atoms with Gasteiger partial charge in [0.1, 0.15) is 6.04 Å². The molecule has 5 heteroatoms. The molecule has 0 fully saturated rings. The summed E-state index contributed by atoms with van der Waals surface area (Å²) < 4.78 is 0. The molecule has 0 rings (SSSR count). The predicted octanol–water partition coefficient (Wildman–Crippen LogP) is 6.10. The van der Waals surface area contributed by atoms with E-state index in [1.54, 1.807) is 0 Å². The van der Waals surface area contributed by atoms with E-state index in [0.29, 0.717) is 12.8 Å². The number of amides is 1. The molecule has 182 valence electrons. The third-order valence-electron chi connectivity index (χ3n) is 4.27. The Bertz CT molecular complexity index is 602. The van der Waals surface area contributed by atoms with Crippen LogP contribution in [0.2, 0.25) is 0 Å². The number of rotatable bonds is 17. The van der Waals surface area contributed by atoms with Crippen molar-refractivity contribution >= 4 is 11.9 Å². The van der Waals surface area contributed by atoms with Crippen molar-refractivity contribution in [3.05, 3.63) is 60.8 Å². The quantitative estimate of drug-likeness (QED) is 0.186. The Morgan fingerprint density at radius 3 is 1.66 bits per heavy atom. The van der Waals surface area contributed by atoms with Crippen LogP contribution in [0.3, 0.4) is 0 Å². The summed E-state index contributed by atoms with van der Waals surface area (Å²) in [6, 6.07) is -0.786. The number of unbranched alkanes of at least 4 members (excludes halogenated alkanes) is 1. The molecule has 1 amide bonds. The van der Waals surface area contributed by atoms with Gasteiger partial charge in [0.2, 0.25) is 5.91 Å². The Kier molecular flexibility index (Phi) is 24.7. The lowest BCUT2D eigenvalue weighted by Gasteiger charge is -2.16. The summed E-state index contributed by atoms with van der Waals surface area (Å²) in [6.07, 6.45) is 28.9. The average Bonchev–Trinajstić information content (AvgIpc) is 2.76. The van der Waals surface area contributed by atoms with Crippen molar-refractivity contribution < 1.29 is 14.7 Å². The van der Waals surface area contributed by atoms with Crippen molar-refractivity contribution in [2.75, 3.05) is 7.05 Å². The van der Waals surface area contributed by atoms with Crippen LogP contribution in [-0.4, -0.2) is 30.1 Å². The predicted molar refractivity (Wildman–Crippen MR) is 137 cm³/mol. The molecule has 1 unspecified atom stereocenters. The molecule has 0 aliphatic carbocycles. The molecule has 5 nitrogen and oxygen atoms in total. The monoisotopic (exact) mass is 446 g/mol. The van der Waals surface area contributed by atoms with E-state index in [2.05, 4.69) is 78.7 Å². The van der Waals surface area contributed by atoms with Crippen LogP contribution in [-0.2, 0) is 9.59 Å². The molecule has 0 saturated carbocycles. The maximum Gasteiger partial charge on any atom is 0.326 e. The SMILES string of the molecule is CC/C=C\C/C=C\C/C=C\C/C=C\C/C=C\CCCC(=O)NC(CC(C)C)C(=O)O.CN. The van der Waals surface area contributed by atoms with E-state index < -0.39 is 12.0 Å². The van der Waals surface area contributed by atoms with Gasteiger partial charge in [-0.15, -0.1) is 0 Å². The minimum atomic E-state index is -0.963. The number of nitrogens with one attached hydrogen (secondary N) is 1. The number of nitrogens with two attached hydrogens (primary N) is 1. The minimum Gasteiger partial charge on any atom is -0.480 e. The van der Waals surface area contributed by atoms with Gasteiger partial charge in [-0.25, -0.2) is 4.79 Å². The Labute approximate surface area is 196 Å². The van der Waals surface area contributed by atoms with Crippen LogP contribution in [0.25, 0.3) is 0 Å². The van der Waals surface area contributed by atoms with Gasteiger partial charge in [-0.05, 0) is 64.3 Å². The van der Waals surface area contributed by atoms with E-state index in [9.17, 15) is 9.59 Å². The van der Waals surface area contributed by atoms with Crippen molar-refractivity contribution in [2.24, 2.45) is 11.7 Å². The molecule has 1 atom stereocenters. The van der Waals surface area contributed by atoms with Crippen LogP contribution in [0, 0.1) is 5.92 Å². The number of carbonyl (C=O) groups excluding carboxylic acids is 1. The molecule has 0 aliphatic rings. The first-order valence-corrected chi connectivity index (χ1v) is 11.8. The highest BCUT2D eigenvalue weighted by Gasteiger charge is 2.20. The molecule has 0 saturated heterocycles. The molecule has 4 N–H and O–H groups in total. The lowest BCUT2D eigenvalue weighted by atomic mass is 10.0. The number of hydrogen-bond donors (Lipinski definition) is 3. The van der Waals surface area contributed by atoms with Crippen molar-refractivity contribution in [1.29, 1.82) is 0 Å². The highest BCUT2D eigenvalue weighted by atomic mass is 16.4. The lowest BCUT2D eigenvalue weighted by molar-refractivity contribution is -0.142. The largest absolute Gasteiger partial charge is 0.480 e. The molecule has 0 radical (unpaired) electrons. The summed E-state index contributed by atoms with van der Waals surface area (Å²) in [4.78, 5) is 23.0. The number of allylic oxidation sites excluding steroid dienone is 10. The van der Waals surface area contributed by atoms with E-state index in [0.717, 1.165) is 44.9 Å². The van der Waals surface area contributed by atoms with Gasteiger partial charge in [0.15, 0.2) is 0 Å². The van der Waals surface area contributed by atoms with E-state index >= 15 is 0 Å². The molecular formula is C27H46N2O3. The van der Waals surface area contributed by atoms with Gasteiger partial charge in [0.05, 0.1) is 0 Å². The summed E-state index contributed by atoms with van der Waals surface area (Å²) in [5.74, 6) is -0.919. The van der Waals surface area contributed by atoms with Gasteiger partial charge < -0.3 is 16.2 Å².